The maximum absolute atomic E-state index is 3.57. The zero-order valence-corrected chi connectivity index (χ0v) is 15.6. The van der Waals surface area contributed by atoms with E-state index in [1.807, 2.05) is 0 Å². The van der Waals surface area contributed by atoms with E-state index in [4.69, 9.17) is 0 Å². The fraction of sp³-hybridized carbons (Fsp3) is 1.00. The Kier molecular flexibility index (Phi) is 7.50. The predicted octanol–water partition coefficient (Wildman–Crippen LogP) is 6.02. The predicted molar refractivity (Wildman–Crippen MR) is 93.1 cm³/mol. The van der Waals surface area contributed by atoms with Crippen molar-refractivity contribution < 1.29 is 0 Å². The lowest BCUT2D eigenvalue weighted by molar-refractivity contribution is 0.186. The highest BCUT2D eigenvalue weighted by atomic mass is 79.9. The summed E-state index contributed by atoms with van der Waals surface area (Å²) in [6.45, 7) is 2.38. The largest absolute Gasteiger partial charge is 0.0928 e. The molecular formula is C17H33BrSi. The molecule has 0 aromatic rings. The summed E-state index contributed by atoms with van der Waals surface area (Å²) in [7, 11) is -0.252. The third kappa shape index (κ3) is 5.19. The van der Waals surface area contributed by atoms with E-state index in [9.17, 15) is 0 Å². The van der Waals surface area contributed by atoms with Crippen molar-refractivity contribution in [2.75, 3.05) is 5.33 Å². The van der Waals surface area contributed by atoms with Crippen LogP contribution in [0.1, 0.15) is 64.7 Å². The van der Waals surface area contributed by atoms with Gasteiger partial charge in [-0.3, -0.25) is 0 Å². The van der Waals surface area contributed by atoms with Crippen molar-refractivity contribution in [3.8, 4) is 0 Å². The quantitative estimate of drug-likeness (QED) is 0.408. The molecular weight excluding hydrogens is 312 g/mol. The van der Waals surface area contributed by atoms with Crippen LogP contribution in [-0.2, 0) is 0 Å². The number of hydrogen-bond donors (Lipinski definition) is 0. The lowest BCUT2D eigenvalue weighted by Crippen LogP contribution is -2.28. The molecule has 19 heavy (non-hydrogen) atoms. The molecule has 0 atom stereocenters. The van der Waals surface area contributed by atoms with E-state index >= 15 is 0 Å². The minimum atomic E-state index is -0.252. The highest BCUT2D eigenvalue weighted by molar-refractivity contribution is 9.09. The minimum Gasteiger partial charge on any atom is -0.0928 e. The third-order valence-electron chi connectivity index (χ3n) is 5.89. The molecule has 0 aromatic carbocycles. The van der Waals surface area contributed by atoms with E-state index in [1.54, 1.807) is 56.7 Å². The van der Waals surface area contributed by atoms with E-state index < -0.39 is 0 Å². The molecule has 112 valence electrons. The van der Waals surface area contributed by atoms with Crippen LogP contribution < -0.4 is 0 Å². The maximum Gasteiger partial charge on any atom is 0.0367 e. The molecule has 1 aliphatic heterocycles. The van der Waals surface area contributed by atoms with E-state index in [2.05, 4.69) is 22.9 Å². The van der Waals surface area contributed by atoms with Gasteiger partial charge in [-0.15, -0.1) is 0 Å². The standard InChI is InChI=1S/C17H33BrSi/c1-2-12-19-13-9-17(10-14-19)16-7-5-15(6-8-16)4-3-11-18/h15-17,19H,2-14H2,1H3/t15-,16-,17?,19?. The first-order chi connectivity index (χ1) is 9.33. The highest BCUT2D eigenvalue weighted by Crippen LogP contribution is 2.41. The molecule has 2 aliphatic rings. The summed E-state index contributed by atoms with van der Waals surface area (Å²) in [5.41, 5.74) is 0. The normalized spacial score (nSPS) is 36.3. The Bertz CT molecular complexity index is 227. The summed E-state index contributed by atoms with van der Waals surface area (Å²) in [4.78, 5) is 0. The van der Waals surface area contributed by atoms with Crippen LogP contribution in [0.15, 0.2) is 0 Å². The van der Waals surface area contributed by atoms with Gasteiger partial charge in [0.1, 0.15) is 0 Å². The molecule has 0 amide bonds. The van der Waals surface area contributed by atoms with Gasteiger partial charge in [0, 0.05) is 14.1 Å². The Morgan fingerprint density at radius 1 is 0.947 bits per heavy atom. The molecule has 0 N–H and O–H groups in total. The van der Waals surface area contributed by atoms with Crippen LogP contribution in [0.2, 0.25) is 18.1 Å². The monoisotopic (exact) mass is 344 g/mol. The van der Waals surface area contributed by atoms with Crippen molar-refractivity contribution in [1.29, 1.82) is 0 Å². The molecule has 0 bridgehead atoms. The van der Waals surface area contributed by atoms with E-state index in [0.29, 0.717) is 0 Å². The first-order valence-electron chi connectivity index (χ1n) is 8.89. The van der Waals surface area contributed by atoms with Crippen LogP contribution in [0.3, 0.4) is 0 Å². The van der Waals surface area contributed by atoms with Crippen LogP contribution in [-0.4, -0.2) is 14.1 Å². The highest BCUT2D eigenvalue weighted by Gasteiger charge is 2.30. The lowest BCUT2D eigenvalue weighted by Gasteiger charge is -2.37. The number of hydrogen-bond acceptors (Lipinski definition) is 0. The van der Waals surface area contributed by atoms with Gasteiger partial charge >= 0.3 is 0 Å². The smallest absolute Gasteiger partial charge is 0.0367 e. The summed E-state index contributed by atoms with van der Waals surface area (Å²) < 4.78 is 0. The Balaban J connectivity index is 1.65. The average Bonchev–Trinajstić information content (AvgIpc) is 2.47. The fourth-order valence-corrected chi connectivity index (χ4v) is 8.48. The number of rotatable bonds is 6. The van der Waals surface area contributed by atoms with Gasteiger partial charge in [0.15, 0.2) is 0 Å². The molecule has 0 aromatic heterocycles. The van der Waals surface area contributed by atoms with Crippen molar-refractivity contribution in [2.24, 2.45) is 17.8 Å². The third-order valence-corrected chi connectivity index (χ3v) is 10.1. The van der Waals surface area contributed by atoms with E-state index in [-0.39, 0.29) is 8.80 Å². The molecule has 1 aliphatic carbocycles. The van der Waals surface area contributed by atoms with Crippen LogP contribution in [0.4, 0.5) is 0 Å². The number of alkyl halides is 1. The summed E-state index contributed by atoms with van der Waals surface area (Å²) in [6, 6.07) is 5.00. The molecule has 0 radical (unpaired) electrons. The van der Waals surface area contributed by atoms with Gasteiger partial charge in [0.2, 0.25) is 0 Å². The summed E-state index contributed by atoms with van der Waals surface area (Å²) in [6.07, 6.45) is 13.8. The summed E-state index contributed by atoms with van der Waals surface area (Å²) >= 11 is 3.57. The summed E-state index contributed by atoms with van der Waals surface area (Å²) in [5, 5.41) is 1.21. The van der Waals surface area contributed by atoms with Crippen LogP contribution >= 0.6 is 15.9 Å². The molecule has 0 spiro atoms. The topological polar surface area (TPSA) is 0 Å². The zero-order chi connectivity index (χ0) is 13.5. The van der Waals surface area contributed by atoms with E-state index in [1.165, 1.54) is 24.6 Å². The van der Waals surface area contributed by atoms with Gasteiger partial charge in [-0.1, -0.05) is 73.1 Å². The molecule has 0 unspecified atom stereocenters. The number of halogens is 1. The van der Waals surface area contributed by atoms with Gasteiger partial charge in [0.05, 0.1) is 0 Å². The Hall–Kier alpha value is 0.697. The van der Waals surface area contributed by atoms with Crippen molar-refractivity contribution in [1.82, 2.24) is 0 Å². The Morgan fingerprint density at radius 3 is 2.16 bits per heavy atom. The molecule has 1 heterocycles. The average molecular weight is 345 g/mol. The molecule has 0 nitrogen and oxygen atoms in total. The van der Waals surface area contributed by atoms with Gasteiger partial charge in [-0.05, 0) is 43.4 Å². The Labute approximate surface area is 130 Å². The van der Waals surface area contributed by atoms with Crippen molar-refractivity contribution in [3.05, 3.63) is 0 Å². The maximum atomic E-state index is 3.57. The Morgan fingerprint density at radius 2 is 1.58 bits per heavy atom. The van der Waals surface area contributed by atoms with Crippen molar-refractivity contribution in [2.45, 2.75) is 82.8 Å². The fourth-order valence-electron chi connectivity index (χ4n) is 4.67. The molecule has 1 saturated carbocycles. The van der Waals surface area contributed by atoms with E-state index in [0.717, 1.165) is 17.8 Å². The zero-order valence-electron chi connectivity index (χ0n) is 12.9. The molecule has 1 saturated heterocycles. The van der Waals surface area contributed by atoms with Crippen molar-refractivity contribution >= 4 is 24.7 Å². The summed E-state index contributed by atoms with van der Waals surface area (Å²) in [5.74, 6) is 3.33. The second-order valence-corrected chi connectivity index (χ2v) is 11.4. The van der Waals surface area contributed by atoms with Crippen LogP contribution in [0.25, 0.3) is 0 Å². The van der Waals surface area contributed by atoms with Gasteiger partial charge in [0.25, 0.3) is 0 Å². The minimum absolute atomic E-state index is 0.252. The first-order valence-corrected chi connectivity index (χ1v) is 12.5. The van der Waals surface area contributed by atoms with Gasteiger partial charge in [-0.25, -0.2) is 0 Å². The lowest BCUT2D eigenvalue weighted by atomic mass is 9.73. The van der Waals surface area contributed by atoms with Crippen LogP contribution in [0, 0.1) is 17.8 Å². The second kappa shape index (κ2) is 8.87. The molecule has 2 heteroatoms. The van der Waals surface area contributed by atoms with Gasteiger partial charge in [-0.2, -0.15) is 0 Å². The van der Waals surface area contributed by atoms with Crippen molar-refractivity contribution in [3.63, 3.8) is 0 Å². The molecule has 2 rings (SSSR count). The SMILES string of the molecule is CCC[SiH]1CCC([C@H]2CC[C@H](CCCBr)CC2)CC1. The second-order valence-electron chi connectivity index (χ2n) is 7.18. The van der Waals surface area contributed by atoms with Gasteiger partial charge < -0.3 is 0 Å². The van der Waals surface area contributed by atoms with Crippen LogP contribution in [0.5, 0.6) is 0 Å². The molecule has 2 fully saturated rings. The first kappa shape index (κ1) is 16.1.